The molecule has 1 aromatic carbocycles. The van der Waals surface area contributed by atoms with Gasteiger partial charge in [-0.25, -0.2) is 4.79 Å². The van der Waals surface area contributed by atoms with Gasteiger partial charge in [-0.15, -0.1) is 0 Å². The van der Waals surface area contributed by atoms with Gasteiger partial charge in [-0.05, 0) is 24.8 Å². The highest BCUT2D eigenvalue weighted by Crippen LogP contribution is 2.04. The molecule has 0 radical (unpaired) electrons. The van der Waals surface area contributed by atoms with Crippen LogP contribution in [0.5, 0.6) is 0 Å². The lowest BCUT2D eigenvalue weighted by Gasteiger charge is -2.24. The Kier molecular flexibility index (Phi) is 13.1. The first-order valence-electron chi connectivity index (χ1n) is 11.3. The van der Waals surface area contributed by atoms with Crippen LogP contribution in [0, 0.1) is 0 Å². The number of nitrogens with zero attached hydrogens (tertiary/aromatic N) is 1. The molecule has 13 N–H and O–H groups in total. The highest BCUT2D eigenvalue weighted by Gasteiger charge is 2.30. The van der Waals surface area contributed by atoms with Gasteiger partial charge >= 0.3 is 5.97 Å². The van der Waals surface area contributed by atoms with E-state index in [1.165, 1.54) is 0 Å². The number of aliphatic hydroxyl groups excluding tert-OH is 1. The number of carboxylic acids is 1. The number of aliphatic carboxylic acids is 1. The van der Waals surface area contributed by atoms with E-state index in [0.717, 1.165) is 5.56 Å². The van der Waals surface area contributed by atoms with E-state index >= 15 is 0 Å². The molecule has 4 amide bonds. The maximum atomic E-state index is 12.8. The van der Waals surface area contributed by atoms with Crippen molar-refractivity contribution in [1.82, 2.24) is 16.0 Å². The number of guanidine groups is 1. The minimum absolute atomic E-state index is 0.0448. The summed E-state index contributed by atoms with van der Waals surface area (Å²) in [6, 6.07) is 3.48. The van der Waals surface area contributed by atoms with Gasteiger partial charge in [0.15, 0.2) is 5.96 Å². The van der Waals surface area contributed by atoms with Gasteiger partial charge in [-0.1, -0.05) is 30.3 Å². The normalized spacial score (nSPS) is 13.8. The zero-order chi connectivity index (χ0) is 28.0. The molecule has 0 fully saturated rings. The third-order valence-corrected chi connectivity index (χ3v) is 5.05. The van der Waals surface area contributed by atoms with E-state index in [1.807, 2.05) is 0 Å². The van der Waals surface area contributed by atoms with Crippen LogP contribution in [0.4, 0.5) is 0 Å². The van der Waals surface area contributed by atoms with E-state index in [0.29, 0.717) is 0 Å². The van der Waals surface area contributed by atoms with Crippen LogP contribution in [-0.2, 0) is 30.4 Å². The number of primary amides is 1. The largest absolute Gasteiger partial charge is 0.480 e. The SMILES string of the molecule is NC(=O)CC(NC(=O)C(CCCN=C(N)N)NC(=O)C(CO)NC(=O)C(N)Cc1ccccc1)C(=O)O. The van der Waals surface area contributed by atoms with Gasteiger partial charge in [0.25, 0.3) is 0 Å². The van der Waals surface area contributed by atoms with Crippen molar-refractivity contribution in [2.45, 2.75) is 49.9 Å². The number of hydrogen-bond donors (Lipinski definition) is 9. The van der Waals surface area contributed by atoms with Gasteiger partial charge < -0.3 is 49.1 Å². The number of amides is 4. The van der Waals surface area contributed by atoms with Crippen molar-refractivity contribution in [3.63, 3.8) is 0 Å². The number of carbonyl (C=O) groups excluding carboxylic acids is 4. The zero-order valence-electron chi connectivity index (χ0n) is 20.1. The Balaban J connectivity index is 2.90. The van der Waals surface area contributed by atoms with Gasteiger partial charge in [0, 0.05) is 6.54 Å². The fourth-order valence-corrected chi connectivity index (χ4v) is 3.15. The Morgan fingerprint density at radius 1 is 0.865 bits per heavy atom. The molecule has 0 aromatic heterocycles. The first-order chi connectivity index (χ1) is 17.4. The molecule has 0 aliphatic carbocycles. The summed E-state index contributed by atoms with van der Waals surface area (Å²) in [7, 11) is 0. The third kappa shape index (κ3) is 11.8. The number of nitrogens with two attached hydrogens (primary N) is 4. The number of aliphatic hydroxyl groups is 1. The maximum Gasteiger partial charge on any atom is 0.326 e. The van der Waals surface area contributed by atoms with Gasteiger partial charge in [-0.2, -0.15) is 0 Å². The van der Waals surface area contributed by atoms with Gasteiger partial charge in [0.1, 0.15) is 18.1 Å². The maximum absolute atomic E-state index is 12.8. The number of nitrogens with one attached hydrogen (secondary N) is 3. The molecule has 0 bridgehead atoms. The Bertz CT molecular complexity index is 969. The molecule has 0 saturated heterocycles. The smallest absolute Gasteiger partial charge is 0.326 e. The molecule has 0 aliphatic heterocycles. The predicted octanol–water partition coefficient (Wildman–Crippen LogP) is -3.98. The zero-order valence-corrected chi connectivity index (χ0v) is 20.1. The molecule has 204 valence electrons. The van der Waals surface area contributed by atoms with Gasteiger partial charge in [0.05, 0.1) is 19.1 Å². The fourth-order valence-electron chi connectivity index (χ4n) is 3.15. The molecule has 1 rings (SSSR count). The minimum atomic E-state index is -1.63. The van der Waals surface area contributed by atoms with E-state index < -0.39 is 66.8 Å². The molecular weight excluding hydrogens is 488 g/mol. The molecule has 1 aromatic rings. The van der Waals surface area contributed by atoms with E-state index in [2.05, 4.69) is 20.9 Å². The first-order valence-corrected chi connectivity index (χ1v) is 11.3. The van der Waals surface area contributed by atoms with Crippen LogP contribution in [0.3, 0.4) is 0 Å². The Labute approximate surface area is 213 Å². The predicted molar refractivity (Wildman–Crippen MR) is 132 cm³/mol. The van der Waals surface area contributed by atoms with Crippen LogP contribution < -0.4 is 38.9 Å². The van der Waals surface area contributed by atoms with Crippen molar-refractivity contribution in [3.05, 3.63) is 35.9 Å². The second-order valence-electron chi connectivity index (χ2n) is 8.12. The van der Waals surface area contributed by atoms with Crippen molar-refractivity contribution in [2.24, 2.45) is 27.9 Å². The highest BCUT2D eigenvalue weighted by atomic mass is 16.4. The highest BCUT2D eigenvalue weighted by molar-refractivity contribution is 5.95. The van der Waals surface area contributed by atoms with Crippen molar-refractivity contribution in [1.29, 1.82) is 0 Å². The molecular formula is C22H34N8O7. The average molecular weight is 523 g/mol. The lowest BCUT2D eigenvalue weighted by atomic mass is 10.1. The van der Waals surface area contributed by atoms with Crippen LogP contribution in [0.2, 0.25) is 0 Å². The summed E-state index contributed by atoms with van der Waals surface area (Å²) < 4.78 is 0. The fraction of sp³-hybridized carbons (Fsp3) is 0.455. The average Bonchev–Trinajstić information content (AvgIpc) is 2.83. The topological polar surface area (TPSA) is 278 Å². The number of hydrogen-bond acceptors (Lipinski definition) is 8. The van der Waals surface area contributed by atoms with Crippen LogP contribution >= 0.6 is 0 Å². The van der Waals surface area contributed by atoms with Gasteiger partial charge in [-0.3, -0.25) is 24.2 Å². The second kappa shape index (κ2) is 15.7. The number of benzene rings is 1. The third-order valence-electron chi connectivity index (χ3n) is 5.05. The van der Waals surface area contributed by atoms with Crippen LogP contribution in [-0.4, -0.2) is 83.1 Å². The van der Waals surface area contributed by atoms with Crippen LogP contribution in [0.25, 0.3) is 0 Å². The standard InChI is InChI=1S/C22H34N8O7/c23-13(9-12-5-2-1-3-6-12)18(33)30-16(11-31)20(35)28-14(7-4-8-27-22(25)26)19(34)29-15(21(36)37)10-17(24)32/h1-3,5-6,13-16,31H,4,7-11,23H2,(H2,24,32)(H,28,35)(H,29,34)(H,30,33)(H,36,37)(H4,25,26,27). The van der Waals surface area contributed by atoms with Crippen LogP contribution in [0.1, 0.15) is 24.8 Å². The van der Waals surface area contributed by atoms with E-state index in [1.54, 1.807) is 30.3 Å². The van der Waals surface area contributed by atoms with E-state index in [-0.39, 0.29) is 31.8 Å². The molecule has 0 saturated carbocycles. The minimum Gasteiger partial charge on any atom is -0.480 e. The van der Waals surface area contributed by atoms with Crippen molar-refractivity contribution in [2.75, 3.05) is 13.2 Å². The summed E-state index contributed by atoms with van der Waals surface area (Å²) in [5, 5.41) is 25.7. The first kappa shape index (κ1) is 30.8. The number of aliphatic imine (C=N–C) groups is 1. The Morgan fingerprint density at radius 3 is 1.97 bits per heavy atom. The summed E-state index contributed by atoms with van der Waals surface area (Å²) in [5.74, 6) is -5.23. The van der Waals surface area contributed by atoms with Gasteiger partial charge in [0.2, 0.25) is 23.6 Å². The number of rotatable bonds is 16. The molecule has 4 unspecified atom stereocenters. The summed E-state index contributed by atoms with van der Waals surface area (Å²) in [5.41, 5.74) is 22.3. The lowest BCUT2D eigenvalue weighted by Crippen LogP contribution is -2.58. The van der Waals surface area contributed by atoms with Crippen LogP contribution in [0.15, 0.2) is 35.3 Å². The molecule has 4 atom stereocenters. The molecule has 15 heteroatoms. The Morgan fingerprint density at radius 2 is 1.43 bits per heavy atom. The molecule has 0 heterocycles. The van der Waals surface area contributed by atoms with Crippen molar-refractivity contribution in [3.8, 4) is 0 Å². The molecule has 15 nitrogen and oxygen atoms in total. The van der Waals surface area contributed by atoms with E-state index in [9.17, 15) is 34.2 Å². The lowest BCUT2D eigenvalue weighted by molar-refractivity contribution is -0.143. The summed E-state index contributed by atoms with van der Waals surface area (Å²) >= 11 is 0. The summed E-state index contributed by atoms with van der Waals surface area (Å²) in [4.78, 5) is 64.3. The van der Waals surface area contributed by atoms with Crippen molar-refractivity contribution >= 4 is 35.6 Å². The quantitative estimate of drug-likeness (QED) is 0.0576. The molecule has 0 aliphatic rings. The molecule has 37 heavy (non-hydrogen) atoms. The number of carboxylic acid groups (broad SMARTS) is 1. The number of carbonyl (C=O) groups is 5. The molecule has 0 spiro atoms. The summed E-state index contributed by atoms with van der Waals surface area (Å²) in [6.07, 6.45) is -0.345. The van der Waals surface area contributed by atoms with Crippen molar-refractivity contribution < 1.29 is 34.2 Å². The van der Waals surface area contributed by atoms with E-state index in [4.69, 9.17) is 22.9 Å². The monoisotopic (exact) mass is 522 g/mol. The Hall–Kier alpha value is -4.24. The second-order valence-corrected chi connectivity index (χ2v) is 8.12. The summed E-state index contributed by atoms with van der Waals surface area (Å²) in [6.45, 7) is -0.711.